The Balaban J connectivity index is 1.95. The number of hydrogen-bond acceptors (Lipinski definition) is 5. The number of methoxy groups -OCH3 is 1. The molecule has 1 aromatic heterocycles. The second-order valence-electron chi connectivity index (χ2n) is 5.18. The van der Waals surface area contributed by atoms with E-state index in [0.717, 1.165) is 5.56 Å². The highest BCUT2D eigenvalue weighted by molar-refractivity contribution is 5.25. The first kappa shape index (κ1) is 14.2. The number of aliphatic hydroxyl groups is 1. The fourth-order valence-corrected chi connectivity index (χ4v) is 2.49. The molecule has 1 N–H and O–H groups in total. The summed E-state index contributed by atoms with van der Waals surface area (Å²) < 4.78 is 10.5. The zero-order chi connectivity index (χ0) is 13.7. The first-order valence-electron chi connectivity index (χ1n) is 6.59. The van der Waals surface area contributed by atoms with E-state index in [2.05, 4.69) is 9.88 Å². The summed E-state index contributed by atoms with van der Waals surface area (Å²) in [5, 5.41) is 10.5. The summed E-state index contributed by atoms with van der Waals surface area (Å²) in [6.45, 7) is 2.62. The topological polar surface area (TPSA) is 54.8 Å². The second-order valence-corrected chi connectivity index (χ2v) is 5.18. The van der Waals surface area contributed by atoms with Crippen LogP contribution in [0, 0.1) is 0 Å². The summed E-state index contributed by atoms with van der Waals surface area (Å²) in [6, 6.07) is 3.89. The monoisotopic (exact) mass is 266 g/mol. The van der Waals surface area contributed by atoms with Crippen LogP contribution in [0.4, 0.5) is 0 Å². The molecular weight excluding hydrogens is 244 g/mol. The predicted molar refractivity (Wildman–Crippen MR) is 72.1 cm³/mol. The maximum absolute atomic E-state index is 10.5. The second kappa shape index (κ2) is 6.32. The van der Waals surface area contributed by atoms with Crippen molar-refractivity contribution >= 4 is 0 Å². The Labute approximate surface area is 114 Å². The molecule has 5 nitrogen and oxygen atoms in total. The molecule has 1 fully saturated rings. The lowest BCUT2D eigenvalue weighted by molar-refractivity contribution is -0.0778. The van der Waals surface area contributed by atoms with Crippen LogP contribution >= 0.6 is 0 Å². The molecule has 5 heteroatoms. The number of pyridine rings is 1. The van der Waals surface area contributed by atoms with Crippen molar-refractivity contribution in [3.63, 3.8) is 0 Å². The number of rotatable bonds is 5. The number of ether oxygens (including phenoxy) is 2. The van der Waals surface area contributed by atoms with Gasteiger partial charge < -0.3 is 14.6 Å². The maximum atomic E-state index is 10.5. The van der Waals surface area contributed by atoms with Crippen LogP contribution < -0.4 is 4.74 Å². The van der Waals surface area contributed by atoms with E-state index in [1.54, 1.807) is 13.3 Å². The van der Waals surface area contributed by atoms with Gasteiger partial charge in [0.25, 0.3) is 0 Å². The minimum Gasteiger partial charge on any atom is -0.481 e. The first-order chi connectivity index (χ1) is 9.13. The molecule has 0 radical (unpaired) electrons. The fraction of sp³-hybridized carbons (Fsp3) is 0.643. The summed E-state index contributed by atoms with van der Waals surface area (Å²) in [6.07, 6.45) is 3.11. The highest BCUT2D eigenvalue weighted by Crippen LogP contribution is 2.23. The summed E-state index contributed by atoms with van der Waals surface area (Å²) >= 11 is 0. The van der Waals surface area contributed by atoms with Gasteiger partial charge >= 0.3 is 0 Å². The van der Waals surface area contributed by atoms with Crippen LogP contribution in [0.15, 0.2) is 18.3 Å². The molecule has 1 aromatic rings. The van der Waals surface area contributed by atoms with E-state index in [0.29, 0.717) is 45.0 Å². The smallest absolute Gasteiger partial charge is 0.217 e. The van der Waals surface area contributed by atoms with Crippen LogP contribution in [-0.4, -0.2) is 54.5 Å². The summed E-state index contributed by atoms with van der Waals surface area (Å²) in [5.41, 5.74) is 0.394. The Hall–Kier alpha value is -1.17. The SMILES string of the molecule is COc1ncccc1CN(C)CC1(O)CCOCC1. The molecule has 0 saturated carbocycles. The average molecular weight is 266 g/mol. The molecular formula is C14H22N2O3. The van der Waals surface area contributed by atoms with Gasteiger partial charge in [-0.05, 0) is 13.1 Å². The summed E-state index contributed by atoms with van der Waals surface area (Å²) in [4.78, 5) is 6.29. The molecule has 19 heavy (non-hydrogen) atoms. The van der Waals surface area contributed by atoms with E-state index in [-0.39, 0.29) is 0 Å². The van der Waals surface area contributed by atoms with Gasteiger partial charge in [-0.25, -0.2) is 4.98 Å². The van der Waals surface area contributed by atoms with Gasteiger partial charge in [0, 0.05) is 50.9 Å². The lowest BCUT2D eigenvalue weighted by atomic mass is 9.94. The van der Waals surface area contributed by atoms with Gasteiger partial charge in [-0.2, -0.15) is 0 Å². The number of aromatic nitrogens is 1. The molecule has 1 aliphatic rings. The highest BCUT2D eigenvalue weighted by atomic mass is 16.5. The van der Waals surface area contributed by atoms with Gasteiger partial charge in [0.05, 0.1) is 12.7 Å². The standard InChI is InChI=1S/C14H22N2O3/c1-16(11-14(17)5-8-19-9-6-14)10-12-4-3-7-15-13(12)18-2/h3-4,7,17H,5-6,8-11H2,1-2H3. The van der Waals surface area contributed by atoms with Crippen LogP contribution in [0.25, 0.3) is 0 Å². The van der Waals surface area contributed by atoms with E-state index >= 15 is 0 Å². The molecule has 0 aliphatic carbocycles. The molecule has 0 bridgehead atoms. The van der Waals surface area contributed by atoms with Crippen molar-refractivity contribution in [1.82, 2.24) is 9.88 Å². The molecule has 0 aromatic carbocycles. The zero-order valence-corrected chi connectivity index (χ0v) is 11.6. The zero-order valence-electron chi connectivity index (χ0n) is 11.6. The third-order valence-corrected chi connectivity index (χ3v) is 3.47. The van der Waals surface area contributed by atoms with E-state index in [4.69, 9.17) is 9.47 Å². The molecule has 2 rings (SSSR count). The maximum Gasteiger partial charge on any atom is 0.217 e. The normalized spacial score (nSPS) is 18.5. The van der Waals surface area contributed by atoms with Crippen molar-refractivity contribution in [2.24, 2.45) is 0 Å². The van der Waals surface area contributed by atoms with Crippen LogP contribution in [0.1, 0.15) is 18.4 Å². The molecule has 0 unspecified atom stereocenters. The molecule has 106 valence electrons. The lowest BCUT2D eigenvalue weighted by Crippen LogP contribution is -2.45. The van der Waals surface area contributed by atoms with Crippen LogP contribution in [0.3, 0.4) is 0 Å². The number of likely N-dealkylation sites (N-methyl/N-ethyl adjacent to an activating group) is 1. The Morgan fingerprint density at radius 2 is 2.21 bits per heavy atom. The largest absolute Gasteiger partial charge is 0.481 e. The fourth-order valence-electron chi connectivity index (χ4n) is 2.49. The van der Waals surface area contributed by atoms with Crippen molar-refractivity contribution < 1.29 is 14.6 Å². The Kier molecular flexibility index (Phi) is 4.74. The molecule has 2 heterocycles. The minimum atomic E-state index is -0.636. The number of hydrogen-bond donors (Lipinski definition) is 1. The van der Waals surface area contributed by atoms with Gasteiger partial charge in [-0.15, -0.1) is 0 Å². The predicted octanol–water partition coefficient (Wildman–Crippen LogP) is 1.06. The van der Waals surface area contributed by atoms with E-state index in [1.807, 2.05) is 19.2 Å². The Morgan fingerprint density at radius 3 is 2.89 bits per heavy atom. The third kappa shape index (κ3) is 3.89. The first-order valence-corrected chi connectivity index (χ1v) is 6.59. The third-order valence-electron chi connectivity index (χ3n) is 3.47. The van der Waals surface area contributed by atoms with Crippen molar-refractivity contribution in [2.75, 3.05) is 33.9 Å². The number of nitrogens with zero attached hydrogens (tertiary/aromatic N) is 2. The Morgan fingerprint density at radius 1 is 1.47 bits per heavy atom. The molecule has 0 spiro atoms. The van der Waals surface area contributed by atoms with E-state index < -0.39 is 5.60 Å². The summed E-state index contributed by atoms with van der Waals surface area (Å²) in [7, 11) is 3.62. The molecule has 1 saturated heterocycles. The van der Waals surface area contributed by atoms with Crippen molar-refractivity contribution in [3.8, 4) is 5.88 Å². The summed E-state index contributed by atoms with van der Waals surface area (Å²) in [5.74, 6) is 0.647. The van der Waals surface area contributed by atoms with Crippen molar-refractivity contribution in [2.45, 2.75) is 25.0 Å². The quantitative estimate of drug-likeness (QED) is 0.864. The van der Waals surface area contributed by atoms with E-state index in [9.17, 15) is 5.11 Å². The Bertz CT molecular complexity index is 405. The van der Waals surface area contributed by atoms with Gasteiger partial charge in [-0.1, -0.05) is 6.07 Å². The van der Waals surface area contributed by atoms with Gasteiger partial charge in [0.15, 0.2) is 0 Å². The molecule has 1 aliphatic heterocycles. The molecule has 0 atom stereocenters. The van der Waals surface area contributed by atoms with Crippen molar-refractivity contribution in [3.05, 3.63) is 23.9 Å². The molecule has 0 amide bonds. The lowest BCUT2D eigenvalue weighted by Gasteiger charge is -2.35. The van der Waals surface area contributed by atoms with Gasteiger partial charge in [0.1, 0.15) is 0 Å². The van der Waals surface area contributed by atoms with Crippen LogP contribution in [0.2, 0.25) is 0 Å². The van der Waals surface area contributed by atoms with E-state index in [1.165, 1.54) is 0 Å². The van der Waals surface area contributed by atoms with Crippen LogP contribution in [0.5, 0.6) is 5.88 Å². The highest BCUT2D eigenvalue weighted by Gasteiger charge is 2.31. The minimum absolute atomic E-state index is 0.633. The van der Waals surface area contributed by atoms with Gasteiger partial charge in [0.2, 0.25) is 5.88 Å². The van der Waals surface area contributed by atoms with Crippen molar-refractivity contribution in [1.29, 1.82) is 0 Å². The van der Waals surface area contributed by atoms with Crippen LogP contribution in [-0.2, 0) is 11.3 Å². The van der Waals surface area contributed by atoms with Gasteiger partial charge in [-0.3, -0.25) is 4.90 Å². The average Bonchev–Trinajstić information content (AvgIpc) is 2.39.